The van der Waals surface area contributed by atoms with Gasteiger partial charge in [-0.05, 0) is 12.8 Å². The number of carbonyl (C=O) groups excluding carboxylic acids is 1. The molecule has 1 fully saturated rings. The third kappa shape index (κ3) is 7.79. The number of rotatable bonds is 10. The number of hydrogen-bond donors (Lipinski definition) is 2. The molecule has 1 rings (SSSR count). The topological polar surface area (TPSA) is 76.0 Å². The van der Waals surface area contributed by atoms with E-state index in [4.69, 9.17) is 9.47 Å². The van der Waals surface area contributed by atoms with Crippen LogP contribution in [0.3, 0.4) is 0 Å². The maximum absolute atomic E-state index is 11.6. The Morgan fingerprint density at radius 2 is 1.81 bits per heavy atom. The number of aliphatic hydroxyl groups excluding tert-OH is 2. The fraction of sp³-hybridized carbons (Fsp3) is 0.938. The molecule has 0 aromatic rings. The van der Waals surface area contributed by atoms with E-state index in [1.165, 1.54) is 32.1 Å². The average molecular weight is 302 g/mol. The molecule has 0 spiro atoms. The first-order chi connectivity index (χ1) is 10.1. The summed E-state index contributed by atoms with van der Waals surface area (Å²) in [5.74, 6) is -0.251. The van der Waals surface area contributed by atoms with Gasteiger partial charge in [-0.1, -0.05) is 45.4 Å². The van der Waals surface area contributed by atoms with E-state index in [1.807, 2.05) is 0 Å². The van der Waals surface area contributed by atoms with Crippen LogP contribution >= 0.6 is 0 Å². The number of hydrogen-bond acceptors (Lipinski definition) is 5. The van der Waals surface area contributed by atoms with Crippen LogP contribution in [-0.2, 0) is 14.3 Å². The smallest absolute Gasteiger partial charge is 0.305 e. The number of esters is 1. The van der Waals surface area contributed by atoms with E-state index in [-0.39, 0.29) is 12.6 Å². The predicted octanol–water partition coefficient (Wildman–Crippen LogP) is 2.18. The highest BCUT2D eigenvalue weighted by Gasteiger charge is 2.32. The molecule has 0 radical (unpaired) electrons. The van der Waals surface area contributed by atoms with Crippen LogP contribution in [0.2, 0.25) is 0 Å². The SMILES string of the molecule is CCCCCCCCCC(=O)OC[C@H]1OCC[C@H](O)[C@@H]1O. The lowest BCUT2D eigenvalue weighted by atomic mass is 10.0. The van der Waals surface area contributed by atoms with Crippen molar-refractivity contribution < 1.29 is 24.5 Å². The van der Waals surface area contributed by atoms with Crippen LogP contribution in [0.15, 0.2) is 0 Å². The van der Waals surface area contributed by atoms with Gasteiger partial charge in [0.25, 0.3) is 0 Å². The summed E-state index contributed by atoms with van der Waals surface area (Å²) in [7, 11) is 0. The van der Waals surface area contributed by atoms with Crippen molar-refractivity contribution in [1.29, 1.82) is 0 Å². The van der Waals surface area contributed by atoms with Crippen molar-refractivity contribution >= 4 is 5.97 Å². The molecular weight excluding hydrogens is 272 g/mol. The van der Waals surface area contributed by atoms with Gasteiger partial charge in [0.05, 0.1) is 6.10 Å². The molecule has 21 heavy (non-hydrogen) atoms. The van der Waals surface area contributed by atoms with E-state index < -0.39 is 18.3 Å². The maximum atomic E-state index is 11.6. The Bertz CT molecular complexity index is 282. The van der Waals surface area contributed by atoms with Crippen LogP contribution in [0.1, 0.15) is 64.7 Å². The molecule has 0 aromatic heterocycles. The van der Waals surface area contributed by atoms with Crippen molar-refractivity contribution in [3.8, 4) is 0 Å². The Morgan fingerprint density at radius 3 is 2.52 bits per heavy atom. The van der Waals surface area contributed by atoms with Gasteiger partial charge in [0.2, 0.25) is 0 Å². The van der Waals surface area contributed by atoms with Crippen molar-refractivity contribution in [1.82, 2.24) is 0 Å². The van der Waals surface area contributed by atoms with Crippen LogP contribution < -0.4 is 0 Å². The highest BCUT2D eigenvalue weighted by atomic mass is 16.6. The highest BCUT2D eigenvalue weighted by molar-refractivity contribution is 5.69. The Hall–Kier alpha value is -0.650. The second-order valence-corrected chi connectivity index (χ2v) is 5.81. The van der Waals surface area contributed by atoms with Gasteiger partial charge in [0.1, 0.15) is 18.8 Å². The van der Waals surface area contributed by atoms with Gasteiger partial charge >= 0.3 is 5.97 Å². The summed E-state index contributed by atoms with van der Waals surface area (Å²) < 4.78 is 10.4. The number of ether oxygens (including phenoxy) is 2. The molecule has 1 aliphatic rings. The van der Waals surface area contributed by atoms with Gasteiger partial charge in [0, 0.05) is 13.0 Å². The normalized spacial score (nSPS) is 25.8. The van der Waals surface area contributed by atoms with Crippen LogP contribution in [0, 0.1) is 0 Å². The van der Waals surface area contributed by atoms with Gasteiger partial charge in [0.15, 0.2) is 0 Å². The second-order valence-electron chi connectivity index (χ2n) is 5.81. The third-order valence-corrected chi connectivity index (χ3v) is 3.91. The molecule has 3 atom stereocenters. The van der Waals surface area contributed by atoms with Crippen LogP contribution in [0.5, 0.6) is 0 Å². The van der Waals surface area contributed by atoms with E-state index in [2.05, 4.69) is 6.92 Å². The zero-order chi connectivity index (χ0) is 15.5. The van der Waals surface area contributed by atoms with Crippen LogP contribution in [-0.4, -0.2) is 47.7 Å². The Labute approximate surface area is 127 Å². The average Bonchev–Trinajstić information content (AvgIpc) is 2.48. The molecule has 1 heterocycles. The summed E-state index contributed by atoms with van der Waals surface area (Å²) >= 11 is 0. The van der Waals surface area contributed by atoms with Gasteiger partial charge in [-0.15, -0.1) is 0 Å². The molecule has 0 aliphatic carbocycles. The first-order valence-electron chi connectivity index (χ1n) is 8.28. The summed E-state index contributed by atoms with van der Waals surface area (Å²) in [6, 6.07) is 0. The second kappa shape index (κ2) is 11.0. The lowest BCUT2D eigenvalue weighted by Crippen LogP contribution is -2.47. The quantitative estimate of drug-likeness (QED) is 0.478. The Kier molecular flexibility index (Phi) is 9.63. The molecule has 5 heteroatoms. The first-order valence-corrected chi connectivity index (χ1v) is 8.28. The van der Waals surface area contributed by atoms with E-state index in [1.54, 1.807) is 0 Å². The summed E-state index contributed by atoms with van der Waals surface area (Å²) in [6.45, 7) is 2.60. The number of unbranched alkanes of at least 4 members (excludes halogenated alkanes) is 6. The molecule has 0 saturated carbocycles. The van der Waals surface area contributed by atoms with E-state index >= 15 is 0 Å². The van der Waals surface area contributed by atoms with Gasteiger partial charge in [-0.25, -0.2) is 0 Å². The maximum Gasteiger partial charge on any atom is 0.305 e. The van der Waals surface area contributed by atoms with Crippen molar-refractivity contribution in [3.63, 3.8) is 0 Å². The lowest BCUT2D eigenvalue weighted by molar-refractivity contribution is -0.169. The minimum Gasteiger partial charge on any atom is -0.463 e. The first kappa shape index (κ1) is 18.4. The number of carbonyl (C=O) groups is 1. The fourth-order valence-electron chi connectivity index (χ4n) is 2.48. The molecule has 1 saturated heterocycles. The lowest BCUT2D eigenvalue weighted by Gasteiger charge is -2.31. The standard InChI is InChI=1S/C16H30O5/c1-2-3-4-5-6-7-8-9-15(18)21-12-14-16(19)13(17)10-11-20-14/h13-14,16-17,19H,2-12H2,1H3/t13-,14+,16-/m0/s1. The Balaban J connectivity index is 2.01. The summed E-state index contributed by atoms with van der Waals surface area (Å²) in [5.41, 5.74) is 0. The molecule has 0 aromatic carbocycles. The zero-order valence-electron chi connectivity index (χ0n) is 13.1. The summed E-state index contributed by atoms with van der Waals surface area (Å²) in [4.78, 5) is 11.6. The summed E-state index contributed by atoms with van der Waals surface area (Å²) in [5, 5.41) is 19.2. The van der Waals surface area contributed by atoms with Crippen LogP contribution in [0.25, 0.3) is 0 Å². The molecule has 2 N–H and O–H groups in total. The van der Waals surface area contributed by atoms with Crippen molar-refractivity contribution in [2.24, 2.45) is 0 Å². The van der Waals surface area contributed by atoms with Crippen molar-refractivity contribution in [2.45, 2.75) is 83.0 Å². The largest absolute Gasteiger partial charge is 0.463 e. The monoisotopic (exact) mass is 302 g/mol. The van der Waals surface area contributed by atoms with Crippen LogP contribution in [0.4, 0.5) is 0 Å². The fourth-order valence-corrected chi connectivity index (χ4v) is 2.48. The molecule has 1 aliphatic heterocycles. The van der Waals surface area contributed by atoms with E-state index in [9.17, 15) is 15.0 Å². The molecule has 5 nitrogen and oxygen atoms in total. The molecule has 0 bridgehead atoms. The predicted molar refractivity (Wildman–Crippen MR) is 79.9 cm³/mol. The van der Waals surface area contributed by atoms with Gasteiger partial charge in [-0.2, -0.15) is 0 Å². The third-order valence-electron chi connectivity index (χ3n) is 3.91. The summed E-state index contributed by atoms with van der Waals surface area (Å²) in [6.07, 6.45) is 6.60. The van der Waals surface area contributed by atoms with Crippen molar-refractivity contribution in [2.75, 3.05) is 13.2 Å². The Morgan fingerprint density at radius 1 is 1.14 bits per heavy atom. The molecule has 0 amide bonds. The molecule has 0 unspecified atom stereocenters. The van der Waals surface area contributed by atoms with E-state index in [0.29, 0.717) is 19.4 Å². The molecular formula is C16H30O5. The minimum absolute atomic E-state index is 0.0214. The minimum atomic E-state index is -0.967. The highest BCUT2D eigenvalue weighted by Crippen LogP contribution is 2.15. The van der Waals surface area contributed by atoms with E-state index in [0.717, 1.165) is 12.8 Å². The number of aliphatic hydroxyl groups is 2. The van der Waals surface area contributed by atoms with Crippen molar-refractivity contribution in [3.05, 3.63) is 0 Å². The molecule has 124 valence electrons. The van der Waals surface area contributed by atoms with Gasteiger partial charge < -0.3 is 19.7 Å². The zero-order valence-corrected chi connectivity index (χ0v) is 13.1. The van der Waals surface area contributed by atoms with Gasteiger partial charge in [-0.3, -0.25) is 4.79 Å².